The fourth-order valence-corrected chi connectivity index (χ4v) is 7.56. The Kier molecular flexibility index (Phi) is 5.87. The van der Waals surface area contributed by atoms with Crippen molar-refractivity contribution >= 4 is 65.0 Å². The molecule has 0 saturated carbocycles. The van der Waals surface area contributed by atoms with Gasteiger partial charge in [-0.25, -0.2) is 4.98 Å². The van der Waals surface area contributed by atoms with Gasteiger partial charge < -0.3 is 0 Å². The van der Waals surface area contributed by atoms with Gasteiger partial charge in [0.25, 0.3) is 0 Å². The van der Waals surface area contributed by atoms with Crippen molar-refractivity contribution in [2.45, 2.75) is 0 Å². The van der Waals surface area contributed by atoms with Gasteiger partial charge in [0, 0.05) is 44.9 Å². The lowest BCUT2D eigenvalue weighted by molar-refractivity contribution is 1.37. The molecule has 0 aliphatic rings. The summed E-state index contributed by atoms with van der Waals surface area (Å²) in [7, 11) is 0. The van der Waals surface area contributed by atoms with E-state index in [-0.39, 0.29) is 0 Å². The molecule has 10 aromatic rings. The van der Waals surface area contributed by atoms with E-state index in [1.165, 1.54) is 43.4 Å². The Hall–Kier alpha value is -6.45. The first-order chi connectivity index (χ1) is 23.8. The van der Waals surface area contributed by atoms with Crippen LogP contribution in [0.1, 0.15) is 0 Å². The third kappa shape index (κ3) is 4.04. The van der Waals surface area contributed by atoms with Crippen LogP contribution in [-0.4, -0.2) is 15.0 Å². The van der Waals surface area contributed by atoms with E-state index >= 15 is 0 Å². The van der Waals surface area contributed by atoms with Crippen molar-refractivity contribution in [3.05, 3.63) is 164 Å². The summed E-state index contributed by atoms with van der Waals surface area (Å²) >= 11 is 0. The van der Waals surface area contributed by atoms with Gasteiger partial charge in [0.15, 0.2) is 0 Å². The highest BCUT2D eigenvalue weighted by Crippen LogP contribution is 2.42. The van der Waals surface area contributed by atoms with Crippen molar-refractivity contribution in [3.8, 4) is 33.5 Å². The van der Waals surface area contributed by atoms with Crippen molar-refractivity contribution in [3.63, 3.8) is 0 Å². The number of nitrogens with zero attached hydrogens (tertiary/aromatic N) is 3. The Bertz CT molecular complexity index is 2890. The van der Waals surface area contributed by atoms with Crippen LogP contribution in [0.2, 0.25) is 0 Å². The number of pyridine rings is 3. The van der Waals surface area contributed by atoms with Crippen LogP contribution in [0.15, 0.2) is 164 Å². The van der Waals surface area contributed by atoms with Crippen LogP contribution in [0, 0.1) is 0 Å². The lowest BCUT2D eigenvalue weighted by atomic mass is 9.89. The van der Waals surface area contributed by atoms with E-state index in [0.29, 0.717) is 0 Å². The highest BCUT2D eigenvalue weighted by molar-refractivity contribution is 6.22. The molecule has 10 rings (SSSR count). The molecule has 0 unspecified atom stereocenters. The zero-order valence-electron chi connectivity index (χ0n) is 25.9. The predicted octanol–water partition coefficient (Wildman–Crippen LogP) is 11.8. The van der Waals surface area contributed by atoms with Crippen molar-refractivity contribution in [1.29, 1.82) is 0 Å². The predicted molar refractivity (Wildman–Crippen MR) is 201 cm³/mol. The second kappa shape index (κ2) is 10.5. The number of benzene rings is 7. The summed E-state index contributed by atoms with van der Waals surface area (Å²) in [4.78, 5) is 14.7. The van der Waals surface area contributed by atoms with Gasteiger partial charge in [0.1, 0.15) is 0 Å². The molecule has 0 amide bonds. The maximum absolute atomic E-state index is 5.27. The van der Waals surface area contributed by atoms with Gasteiger partial charge in [0.2, 0.25) is 0 Å². The first kappa shape index (κ1) is 26.7. The molecule has 0 spiro atoms. The number of rotatable bonds is 3. The van der Waals surface area contributed by atoms with E-state index in [9.17, 15) is 0 Å². The molecule has 3 heterocycles. The topological polar surface area (TPSA) is 38.7 Å². The summed E-state index contributed by atoms with van der Waals surface area (Å²) in [5.41, 5.74) is 9.66. The molecule has 3 aromatic heterocycles. The number of hydrogen-bond acceptors (Lipinski definition) is 3. The maximum Gasteiger partial charge on any atom is 0.0970 e. The van der Waals surface area contributed by atoms with E-state index in [4.69, 9.17) is 9.97 Å². The van der Waals surface area contributed by atoms with Gasteiger partial charge in [0.05, 0.1) is 22.2 Å². The summed E-state index contributed by atoms with van der Waals surface area (Å²) in [5.74, 6) is 0. The summed E-state index contributed by atoms with van der Waals surface area (Å²) in [5, 5.41) is 10.7. The number of fused-ring (bicyclic) bond motifs is 9. The van der Waals surface area contributed by atoms with Crippen LogP contribution < -0.4 is 0 Å². The molecule has 3 nitrogen and oxygen atoms in total. The molecule has 0 radical (unpaired) electrons. The molecular weight excluding hydrogens is 583 g/mol. The van der Waals surface area contributed by atoms with E-state index in [2.05, 4.69) is 145 Å². The van der Waals surface area contributed by atoms with Crippen LogP contribution >= 0.6 is 0 Å². The van der Waals surface area contributed by atoms with Crippen LogP contribution in [0.25, 0.3) is 98.5 Å². The van der Waals surface area contributed by atoms with E-state index < -0.39 is 0 Å². The standard InChI is InChI=1S/C45H27N3/c1-2-14-33-28(10-1)20-21-39-42(33)38-17-5-6-19-41(38)48-43(39)30-12-7-11-29(26-30)32-22-23-36(35-16-4-3-15-34(32)35)40-27-31-13-8-24-46-44(31)45-37(40)18-9-25-47-45/h1-27H. The van der Waals surface area contributed by atoms with Crippen molar-refractivity contribution in [1.82, 2.24) is 15.0 Å². The SMILES string of the molecule is c1cc(-c2ccc(-c3cc4cccnc4c4ncccc34)c3ccccc23)cc(-c2nc3ccccc3c3c2ccc2ccccc23)c1. The molecule has 0 atom stereocenters. The largest absolute Gasteiger partial charge is 0.254 e. The Morgan fingerprint density at radius 3 is 1.92 bits per heavy atom. The smallest absolute Gasteiger partial charge is 0.0970 e. The van der Waals surface area contributed by atoms with Crippen LogP contribution in [-0.2, 0) is 0 Å². The molecule has 7 aromatic carbocycles. The fraction of sp³-hybridized carbons (Fsp3) is 0. The van der Waals surface area contributed by atoms with Gasteiger partial charge in [-0.15, -0.1) is 0 Å². The zero-order valence-corrected chi connectivity index (χ0v) is 25.9. The summed E-state index contributed by atoms with van der Waals surface area (Å²) in [6.45, 7) is 0. The van der Waals surface area contributed by atoms with E-state index in [1.54, 1.807) is 0 Å². The minimum absolute atomic E-state index is 0.925. The molecule has 222 valence electrons. The van der Waals surface area contributed by atoms with Crippen molar-refractivity contribution < 1.29 is 0 Å². The van der Waals surface area contributed by atoms with Gasteiger partial charge >= 0.3 is 0 Å². The third-order valence-electron chi connectivity index (χ3n) is 9.71. The number of hydrogen-bond donors (Lipinski definition) is 0. The lowest BCUT2D eigenvalue weighted by Gasteiger charge is -2.16. The van der Waals surface area contributed by atoms with Crippen LogP contribution in [0.3, 0.4) is 0 Å². The molecule has 48 heavy (non-hydrogen) atoms. The van der Waals surface area contributed by atoms with Crippen LogP contribution in [0.4, 0.5) is 0 Å². The number of para-hydroxylation sites is 1. The average Bonchev–Trinajstić information content (AvgIpc) is 3.16. The molecule has 0 aliphatic carbocycles. The molecule has 0 aliphatic heterocycles. The normalized spacial score (nSPS) is 11.8. The third-order valence-corrected chi connectivity index (χ3v) is 9.71. The summed E-state index contributed by atoms with van der Waals surface area (Å²) in [6.07, 6.45) is 3.69. The lowest BCUT2D eigenvalue weighted by Crippen LogP contribution is -1.92. The van der Waals surface area contributed by atoms with Gasteiger partial charge in [-0.2, -0.15) is 0 Å². The number of aromatic nitrogens is 3. The monoisotopic (exact) mass is 609 g/mol. The average molecular weight is 610 g/mol. The molecule has 0 N–H and O–H groups in total. The summed E-state index contributed by atoms with van der Waals surface area (Å²) < 4.78 is 0. The Morgan fingerprint density at radius 1 is 0.354 bits per heavy atom. The van der Waals surface area contributed by atoms with E-state index in [0.717, 1.165) is 55.1 Å². The van der Waals surface area contributed by atoms with Crippen molar-refractivity contribution in [2.24, 2.45) is 0 Å². The molecule has 0 fully saturated rings. The molecule has 0 saturated heterocycles. The van der Waals surface area contributed by atoms with Crippen molar-refractivity contribution in [2.75, 3.05) is 0 Å². The first-order valence-electron chi connectivity index (χ1n) is 16.3. The van der Waals surface area contributed by atoms with Gasteiger partial charge in [-0.05, 0) is 74.1 Å². The van der Waals surface area contributed by atoms with Crippen LogP contribution in [0.5, 0.6) is 0 Å². The van der Waals surface area contributed by atoms with Gasteiger partial charge in [-0.1, -0.05) is 121 Å². The first-order valence-corrected chi connectivity index (χ1v) is 16.3. The Morgan fingerprint density at radius 2 is 1.02 bits per heavy atom. The molecular formula is C45H27N3. The second-order valence-corrected chi connectivity index (χ2v) is 12.4. The molecule has 0 bridgehead atoms. The highest BCUT2D eigenvalue weighted by atomic mass is 14.7. The van der Waals surface area contributed by atoms with Gasteiger partial charge in [-0.3, -0.25) is 9.97 Å². The highest BCUT2D eigenvalue weighted by Gasteiger charge is 2.17. The Labute approximate surface area is 276 Å². The van der Waals surface area contributed by atoms with E-state index in [1.807, 2.05) is 24.5 Å². The molecule has 3 heteroatoms. The summed E-state index contributed by atoms with van der Waals surface area (Å²) in [6, 6.07) is 54.3. The Balaban J connectivity index is 1.19. The zero-order chi connectivity index (χ0) is 31.6. The maximum atomic E-state index is 5.27. The second-order valence-electron chi connectivity index (χ2n) is 12.4. The minimum atomic E-state index is 0.925. The quantitative estimate of drug-likeness (QED) is 0.187. The fourth-order valence-electron chi connectivity index (χ4n) is 7.56. The minimum Gasteiger partial charge on any atom is -0.254 e.